The highest BCUT2D eigenvalue weighted by molar-refractivity contribution is 5.88. The van der Waals surface area contributed by atoms with Gasteiger partial charge in [-0.05, 0) is 36.4 Å². The van der Waals surface area contributed by atoms with Crippen LogP contribution in [0.1, 0.15) is 13.3 Å². The van der Waals surface area contributed by atoms with Gasteiger partial charge in [-0.2, -0.15) is 0 Å². The summed E-state index contributed by atoms with van der Waals surface area (Å²) in [4.78, 5) is 31.9. The van der Waals surface area contributed by atoms with Gasteiger partial charge in [0.2, 0.25) is 11.8 Å². The second kappa shape index (κ2) is 9.02. The Kier molecular flexibility index (Phi) is 6.25. The zero-order valence-corrected chi connectivity index (χ0v) is 15.5. The molecule has 0 aliphatic carbocycles. The van der Waals surface area contributed by atoms with E-state index in [1.54, 1.807) is 6.20 Å². The van der Waals surface area contributed by atoms with Gasteiger partial charge in [-0.3, -0.25) is 9.59 Å². The largest absolute Gasteiger partial charge is 0.385 e. The van der Waals surface area contributed by atoms with E-state index in [2.05, 4.69) is 20.5 Å². The van der Waals surface area contributed by atoms with Gasteiger partial charge in [0.1, 0.15) is 5.82 Å². The van der Waals surface area contributed by atoms with Crippen molar-refractivity contribution < 1.29 is 9.59 Å². The Hall–Kier alpha value is -3.09. The molecular weight excluding hydrogens is 342 g/mol. The van der Waals surface area contributed by atoms with E-state index in [0.29, 0.717) is 13.0 Å². The summed E-state index contributed by atoms with van der Waals surface area (Å²) in [6.45, 7) is 5.12. The van der Waals surface area contributed by atoms with E-state index in [0.717, 1.165) is 43.4 Å². The lowest BCUT2D eigenvalue weighted by atomic mass is 10.2. The fourth-order valence-corrected chi connectivity index (χ4v) is 3.07. The van der Waals surface area contributed by atoms with Gasteiger partial charge in [0.15, 0.2) is 0 Å². The molecule has 3 rings (SSSR count). The van der Waals surface area contributed by atoms with Crippen LogP contribution >= 0.6 is 0 Å². The number of benzene rings is 1. The van der Waals surface area contributed by atoms with Crippen LogP contribution in [0.4, 0.5) is 17.2 Å². The molecule has 1 aliphatic rings. The van der Waals surface area contributed by atoms with Crippen molar-refractivity contribution in [1.82, 2.24) is 9.88 Å². The summed E-state index contributed by atoms with van der Waals surface area (Å²) < 4.78 is 0. The van der Waals surface area contributed by atoms with Crippen LogP contribution in [0.25, 0.3) is 0 Å². The van der Waals surface area contributed by atoms with Crippen LogP contribution in [0.15, 0.2) is 48.7 Å². The van der Waals surface area contributed by atoms with Gasteiger partial charge in [0.25, 0.3) is 0 Å². The molecule has 0 radical (unpaired) electrons. The van der Waals surface area contributed by atoms with Crippen LogP contribution in [0, 0.1) is 0 Å². The predicted octanol–water partition coefficient (Wildman–Crippen LogP) is 2.19. The van der Waals surface area contributed by atoms with Gasteiger partial charge >= 0.3 is 0 Å². The molecule has 0 bridgehead atoms. The number of amides is 2. The number of hydrogen-bond donors (Lipinski definition) is 2. The van der Waals surface area contributed by atoms with Crippen LogP contribution in [0.5, 0.6) is 0 Å². The van der Waals surface area contributed by atoms with Gasteiger partial charge in [0.05, 0.1) is 0 Å². The lowest BCUT2D eigenvalue weighted by Gasteiger charge is -2.35. The molecule has 1 fully saturated rings. The third-order valence-corrected chi connectivity index (χ3v) is 4.48. The van der Waals surface area contributed by atoms with Crippen molar-refractivity contribution in [2.45, 2.75) is 13.3 Å². The lowest BCUT2D eigenvalue weighted by molar-refractivity contribution is -0.131. The standard InChI is InChI=1S/C20H25N5O2/c1-16(26)23-18-7-5-17(6-8-18)21-11-9-20(27)25-14-12-24(13-15-25)19-4-2-3-10-22-19/h2-8,10,21H,9,11-15H2,1H3,(H,23,26). The Morgan fingerprint density at radius 3 is 2.33 bits per heavy atom. The van der Waals surface area contributed by atoms with E-state index in [9.17, 15) is 9.59 Å². The Balaban J connectivity index is 1.39. The van der Waals surface area contributed by atoms with Crippen LogP contribution in [-0.4, -0.2) is 54.4 Å². The van der Waals surface area contributed by atoms with Crippen molar-refractivity contribution >= 4 is 29.0 Å². The normalized spacial score (nSPS) is 14.0. The maximum atomic E-state index is 12.4. The second-order valence-electron chi connectivity index (χ2n) is 6.49. The predicted molar refractivity (Wildman–Crippen MR) is 107 cm³/mol. The van der Waals surface area contributed by atoms with Crippen LogP contribution < -0.4 is 15.5 Å². The van der Waals surface area contributed by atoms with E-state index in [1.165, 1.54) is 6.92 Å². The van der Waals surface area contributed by atoms with Gasteiger partial charge in [-0.15, -0.1) is 0 Å². The molecule has 0 atom stereocenters. The molecule has 2 N–H and O–H groups in total. The summed E-state index contributed by atoms with van der Waals surface area (Å²) in [6, 6.07) is 13.3. The third-order valence-electron chi connectivity index (χ3n) is 4.48. The van der Waals surface area contributed by atoms with Crippen molar-refractivity contribution in [2.75, 3.05) is 48.3 Å². The van der Waals surface area contributed by atoms with E-state index in [4.69, 9.17) is 0 Å². The van der Waals surface area contributed by atoms with Crippen molar-refractivity contribution in [1.29, 1.82) is 0 Å². The zero-order valence-electron chi connectivity index (χ0n) is 15.5. The van der Waals surface area contributed by atoms with Crippen LogP contribution in [-0.2, 0) is 9.59 Å². The third kappa shape index (κ3) is 5.44. The maximum absolute atomic E-state index is 12.4. The van der Waals surface area contributed by atoms with Crippen molar-refractivity contribution in [3.05, 3.63) is 48.7 Å². The molecule has 7 nitrogen and oxygen atoms in total. The fraction of sp³-hybridized carbons (Fsp3) is 0.350. The number of nitrogens with one attached hydrogen (secondary N) is 2. The first-order valence-electron chi connectivity index (χ1n) is 9.17. The molecule has 1 aromatic heterocycles. The number of carbonyl (C=O) groups is 2. The molecule has 7 heteroatoms. The number of aromatic nitrogens is 1. The Morgan fingerprint density at radius 2 is 1.70 bits per heavy atom. The van der Waals surface area contributed by atoms with E-state index in [-0.39, 0.29) is 11.8 Å². The second-order valence-corrected chi connectivity index (χ2v) is 6.49. The van der Waals surface area contributed by atoms with Crippen molar-refractivity contribution in [2.24, 2.45) is 0 Å². The van der Waals surface area contributed by atoms with Gasteiger partial charge in [0, 0.05) is 63.6 Å². The average molecular weight is 367 g/mol. The Morgan fingerprint density at radius 1 is 1.00 bits per heavy atom. The number of pyridine rings is 1. The molecule has 0 saturated carbocycles. The average Bonchev–Trinajstić information content (AvgIpc) is 2.69. The molecule has 1 aromatic carbocycles. The quantitative estimate of drug-likeness (QED) is 0.818. The summed E-state index contributed by atoms with van der Waals surface area (Å²) in [5.74, 6) is 1.04. The smallest absolute Gasteiger partial charge is 0.224 e. The lowest BCUT2D eigenvalue weighted by Crippen LogP contribution is -2.49. The number of carbonyl (C=O) groups excluding carboxylic acids is 2. The number of anilines is 3. The maximum Gasteiger partial charge on any atom is 0.224 e. The van der Waals surface area contributed by atoms with Crippen LogP contribution in [0.2, 0.25) is 0 Å². The summed E-state index contributed by atoms with van der Waals surface area (Å²) in [5, 5.41) is 5.98. The highest BCUT2D eigenvalue weighted by atomic mass is 16.2. The summed E-state index contributed by atoms with van der Waals surface area (Å²) in [7, 11) is 0. The van der Waals surface area contributed by atoms with Gasteiger partial charge in [-0.1, -0.05) is 6.07 Å². The molecule has 142 valence electrons. The minimum Gasteiger partial charge on any atom is -0.385 e. The first kappa shape index (κ1) is 18.7. The zero-order chi connectivity index (χ0) is 19.1. The topological polar surface area (TPSA) is 77.6 Å². The number of piperazine rings is 1. The van der Waals surface area contributed by atoms with Gasteiger partial charge < -0.3 is 20.4 Å². The molecule has 2 amide bonds. The molecule has 27 heavy (non-hydrogen) atoms. The summed E-state index contributed by atoms with van der Waals surface area (Å²) in [5.41, 5.74) is 1.69. The molecule has 2 aromatic rings. The Labute approximate surface area is 159 Å². The van der Waals surface area contributed by atoms with Crippen molar-refractivity contribution in [3.63, 3.8) is 0 Å². The minimum atomic E-state index is -0.0931. The SMILES string of the molecule is CC(=O)Nc1ccc(NCCC(=O)N2CCN(c3ccccn3)CC2)cc1. The van der Waals surface area contributed by atoms with E-state index < -0.39 is 0 Å². The molecule has 1 aliphatic heterocycles. The summed E-state index contributed by atoms with van der Waals surface area (Å²) >= 11 is 0. The highest BCUT2D eigenvalue weighted by Gasteiger charge is 2.21. The minimum absolute atomic E-state index is 0.0931. The number of rotatable bonds is 6. The van der Waals surface area contributed by atoms with E-state index >= 15 is 0 Å². The number of hydrogen-bond acceptors (Lipinski definition) is 5. The molecule has 1 saturated heterocycles. The first-order chi connectivity index (χ1) is 13.1. The molecule has 2 heterocycles. The molecule has 0 spiro atoms. The number of nitrogens with zero attached hydrogens (tertiary/aromatic N) is 3. The fourth-order valence-electron chi connectivity index (χ4n) is 3.07. The van der Waals surface area contributed by atoms with Crippen LogP contribution in [0.3, 0.4) is 0 Å². The van der Waals surface area contributed by atoms with Gasteiger partial charge in [-0.25, -0.2) is 4.98 Å². The highest BCUT2D eigenvalue weighted by Crippen LogP contribution is 2.15. The van der Waals surface area contributed by atoms with E-state index in [1.807, 2.05) is 47.4 Å². The Bertz CT molecular complexity index is 756. The monoisotopic (exact) mass is 367 g/mol. The molecular formula is C20H25N5O2. The molecule has 0 unspecified atom stereocenters. The first-order valence-corrected chi connectivity index (χ1v) is 9.17. The van der Waals surface area contributed by atoms with Crippen molar-refractivity contribution in [3.8, 4) is 0 Å². The summed E-state index contributed by atoms with van der Waals surface area (Å²) in [6.07, 6.45) is 2.25.